The Labute approximate surface area is 99.1 Å². The molecule has 0 saturated carbocycles. The first-order chi connectivity index (χ1) is 2.94. The van der Waals surface area contributed by atoms with Gasteiger partial charge in [-0.1, -0.05) is 0 Å². The summed E-state index contributed by atoms with van der Waals surface area (Å²) in [5.41, 5.74) is 0. The van der Waals surface area contributed by atoms with Crippen LogP contribution in [0, 0.1) is 0 Å². The largest absolute Gasteiger partial charge is 1.00 e. The SMILES string of the molecule is O=C(O)S(=O)(=O)O.[H-].[H-].[Na+].[Na+]. The van der Waals surface area contributed by atoms with Crippen molar-refractivity contribution in [2.24, 2.45) is 0 Å². The molecule has 5 nitrogen and oxygen atoms in total. The molecular formula is CH4Na2O5S. The van der Waals surface area contributed by atoms with E-state index < -0.39 is 15.4 Å². The first kappa shape index (κ1) is 16.8. The van der Waals surface area contributed by atoms with Gasteiger partial charge in [-0.2, -0.15) is 8.42 Å². The van der Waals surface area contributed by atoms with Gasteiger partial charge in [0.25, 0.3) is 0 Å². The van der Waals surface area contributed by atoms with Crippen LogP contribution in [0.1, 0.15) is 2.85 Å². The molecular weight excluding hydrogens is 170 g/mol. The standard InChI is InChI=1S/CH2O5S.2Na.2H/c2-1(3)7(4,5)6;;;;/h(H,2,3)(H,4,5,6);;;;/q;2*+1;2*-1. The van der Waals surface area contributed by atoms with E-state index >= 15 is 0 Å². The van der Waals surface area contributed by atoms with Gasteiger partial charge in [-0.25, -0.2) is 4.79 Å². The second-order valence-corrected chi connectivity index (χ2v) is 2.04. The Morgan fingerprint density at radius 1 is 1.33 bits per heavy atom. The van der Waals surface area contributed by atoms with Gasteiger partial charge in [0.15, 0.2) is 0 Å². The molecule has 0 aromatic rings. The van der Waals surface area contributed by atoms with Crippen molar-refractivity contribution in [3.8, 4) is 0 Å². The molecule has 0 heterocycles. The van der Waals surface area contributed by atoms with Gasteiger partial charge in [0.1, 0.15) is 0 Å². The van der Waals surface area contributed by atoms with Crippen molar-refractivity contribution in [1.29, 1.82) is 0 Å². The van der Waals surface area contributed by atoms with Crippen LogP contribution in [0.4, 0.5) is 4.79 Å². The Morgan fingerprint density at radius 3 is 1.44 bits per heavy atom. The first-order valence-electron chi connectivity index (χ1n) is 1.15. The summed E-state index contributed by atoms with van der Waals surface area (Å²) in [4.78, 5) is 9.18. The van der Waals surface area contributed by atoms with E-state index in [0.717, 1.165) is 0 Å². The summed E-state index contributed by atoms with van der Waals surface area (Å²) in [6.45, 7) is 0. The van der Waals surface area contributed by atoms with Crippen molar-refractivity contribution in [2.75, 3.05) is 0 Å². The van der Waals surface area contributed by atoms with Crippen LogP contribution in [0.25, 0.3) is 0 Å². The fourth-order valence-corrected chi connectivity index (χ4v) is 0. The number of carbonyl (C=O) groups is 1. The van der Waals surface area contributed by atoms with Crippen LogP contribution in [0.15, 0.2) is 0 Å². The van der Waals surface area contributed by atoms with Gasteiger partial charge < -0.3 is 7.96 Å². The van der Waals surface area contributed by atoms with E-state index in [4.69, 9.17) is 9.66 Å². The van der Waals surface area contributed by atoms with E-state index in [0.29, 0.717) is 0 Å². The minimum Gasteiger partial charge on any atom is -1.00 e. The summed E-state index contributed by atoms with van der Waals surface area (Å²) in [6.07, 6.45) is 0. The molecule has 0 aromatic carbocycles. The molecule has 46 valence electrons. The molecule has 0 rings (SSSR count). The van der Waals surface area contributed by atoms with Gasteiger partial charge in [0.05, 0.1) is 0 Å². The van der Waals surface area contributed by atoms with Gasteiger partial charge >= 0.3 is 74.5 Å². The van der Waals surface area contributed by atoms with E-state index in [-0.39, 0.29) is 62.0 Å². The minimum absolute atomic E-state index is 0. The smallest absolute Gasteiger partial charge is 1.00 e. The van der Waals surface area contributed by atoms with Crippen LogP contribution in [-0.2, 0) is 10.1 Å². The maximum Gasteiger partial charge on any atom is 1.00 e. The maximum atomic E-state index is 9.29. The van der Waals surface area contributed by atoms with E-state index in [1.807, 2.05) is 0 Å². The van der Waals surface area contributed by atoms with Crippen LogP contribution < -0.4 is 59.1 Å². The quantitative estimate of drug-likeness (QED) is 0.281. The normalized spacial score (nSPS) is 8.56. The van der Waals surface area contributed by atoms with Crippen LogP contribution in [0.2, 0.25) is 0 Å². The minimum atomic E-state index is -4.82. The van der Waals surface area contributed by atoms with E-state index in [2.05, 4.69) is 0 Å². The number of carboxylic acid groups (broad SMARTS) is 1. The van der Waals surface area contributed by atoms with Crippen molar-refractivity contribution in [1.82, 2.24) is 0 Å². The van der Waals surface area contributed by atoms with Gasteiger partial charge in [-0.15, -0.1) is 0 Å². The first-order valence-corrected chi connectivity index (χ1v) is 2.59. The second-order valence-electron chi connectivity index (χ2n) is 0.741. The topological polar surface area (TPSA) is 91.7 Å². The van der Waals surface area contributed by atoms with Crippen LogP contribution in [0.3, 0.4) is 0 Å². The van der Waals surface area contributed by atoms with Gasteiger partial charge in [-0.05, 0) is 0 Å². The molecule has 0 fully saturated rings. The van der Waals surface area contributed by atoms with E-state index in [9.17, 15) is 13.2 Å². The maximum absolute atomic E-state index is 9.29. The zero-order valence-corrected chi connectivity index (χ0v) is 9.84. The zero-order valence-electron chi connectivity index (χ0n) is 7.03. The Balaban J connectivity index is -0.0000000300. The third-order valence-electron chi connectivity index (χ3n) is 0.221. The summed E-state index contributed by atoms with van der Waals surface area (Å²) >= 11 is 0. The summed E-state index contributed by atoms with van der Waals surface area (Å²) in [7, 11) is -4.82. The van der Waals surface area contributed by atoms with Gasteiger partial charge in [0, 0.05) is 0 Å². The zero-order chi connectivity index (χ0) is 6.08. The molecule has 0 aromatic heterocycles. The molecule has 0 spiro atoms. The summed E-state index contributed by atoms with van der Waals surface area (Å²) in [6, 6.07) is 0. The summed E-state index contributed by atoms with van der Waals surface area (Å²) in [5, 5.41) is 5.18. The van der Waals surface area contributed by atoms with Crippen LogP contribution in [-0.4, -0.2) is 23.4 Å². The Morgan fingerprint density at radius 2 is 1.44 bits per heavy atom. The Hall–Kier alpha value is 1.38. The summed E-state index contributed by atoms with van der Waals surface area (Å²) in [5.74, 6) is 0. The third kappa shape index (κ3) is 9.38. The monoisotopic (exact) mass is 174 g/mol. The molecule has 0 radical (unpaired) electrons. The van der Waals surface area contributed by atoms with Crippen LogP contribution >= 0.6 is 0 Å². The van der Waals surface area contributed by atoms with Crippen molar-refractivity contribution in [3.63, 3.8) is 0 Å². The molecule has 0 aliphatic heterocycles. The molecule has 0 saturated heterocycles. The summed E-state index contributed by atoms with van der Waals surface area (Å²) < 4.78 is 26.0. The predicted molar refractivity (Wildman–Crippen MR) is 21.8 cm³/mol. The van der Waals surface area contributed by atoms with E-state index in [1.54, 1.807) is 0 Å². The molecule has 0 aliphatic rings. The average molecular weight is 174 g/mol. The molecule has 2 N–H and O–H groups in total. The number of hydrogen-bond donors (Lipinski definition) is 2. The van der Waals surface area contributed by atoms with Crippen molar-refractivity contribution < 1.29 is 84.8 Å². The molecule has 0 unspecified atom stereocenters. The Kier molecular flexibility index (Phi) is 11.4. The molecule has 0 atom stereocenters. The Bertz CT molecular complexity index is 177. The number of hydrogen-bond acceptors (Lipinski definition) is 3. The van der Waals surface area contributed by atoms with Crippen LogP contribution in [0.5, 0.6) is 0 Å². The number of rotatable bonds is 0. The molecule has 8 heteroatoms. The molecule has 0 amide bonds. The fraction of sp³-hybridized carbons (Fsp3) is 0. The van der Waals surface area contributed by atoms with E-state index in [1.165, 1.54) is 0 Å². The second kappa shape index (κ2) is 6.11. The van der Waals surface area contributed by atoms with Crippen molar-refractivity contribution >= 4 is 15.4 Å². The molecule has 0 bridgehead atoms. The fourth-order valence-electron chi connectivity index (χ4n) is 0. The van der Waals surface area contributed by atoms with Gasteiger partial charge in [0.2, 0.25) is 0 Å². The third-order valence-corrected chi connectivity index (χ3v) is 0.662. The predicted octanol–water partition coefficient (Wildman–Crippen LogP) is -6.21. The molecule has 9 heavy (non-hydrogen) atoms. The molecule has 0 aliphatic carbocycles. The van der Waals surface area contributed by atoms with Crippen molar-refractivity contribution in [2.45, 2.75) is 0 Å². The van der Waals surface area contributed by atoms with Crippen molar-refractivity contribution in [3.05, 3.63) is 0 Å². The van der Waals surface area contributed by atoms with Gasteiger partial charge in [-0.3, -0.25) is 4.55 Å². The average Bonchev–Trinajstić information content (AvgIpc) is 1.31.